The number of hydrogen-bond acceptors (Lipinski definition) is 4. The van der Waals surface area contributed by atoms with Crippen molar-refractivity contribution in [3.8, 4) is 5.75 Å². The van der Waals surface area contributed by atoms with Gasteiger partial charge in [-0.25, -0.2) is 0 Å². The molecule has 2 heterocycles. The van der Waals surface area contributed by atoms with Crippen LogP contribution in [0.25, 0.3) is 0 Å². The standard InChI is InChI=1S/C27H36ClN3O/c1-32-26-9-4-23-21-27(12-10-22(23)20-26)11-2-3-13-31(27)19-16-29-14-17-30(18-15-29)25-7-5-24(28)6-8-25/h4-9,20H,2-3,10-19,21H2,1H3. The summed E-state index contributed by atoms with van der Waals surface area (Å²) in [5, 5.41) is 0.812. The fourth-order valence-corrected chi connectivity index (χ4v) is 6.20. The number of nitrogens with zero attached hydrogens (tertiary/aromatic N) is 3. The van der Waals surface area contributed by atoms with Crippen molar-refractivity contribution < 1.29 is 4.74 Å². The largest absolute Gasteiger partial charge is 0.497 e. The number of methoxy groups -OCH3 is 1. The van der Waals surface area contributed by atoms with E-state index in [4.69, 9.17) is 16.3 Å². The van der Waals surface area contributed by atoms with Crippen molar-refractivity contribution >= 4 is 17.3 Å². The van der Waals surface area contributed by atoms with E-state index in [1.54, 1.807) is 12.7 Å². The van der Waals surface area contributed by atoms with Crippen LogP contribution in [-0.4, -0.2) is 68.3 Å². The topological polar surface area (TPSA) is 19.0 Å². The second-order valence-electron chi connectivity index (χ2n) is 9.79. The van der Waals surface area contributed by atoms with Crippen molar-refractivity contribution in [2.45, 2.75) is 44.1 Å². The summed E-state index contributed by atoms with van der Waals surface area (Å²) in [5.74, 6) is 0.998. The Morgan fingerprint density at radius 1 is 0.875 bits per heavy atom. The maximum atomic E-state index is 6.05. The Morgan fingerprint density at radius 2 is 1.69 bits per heavy atom. The first-order valence-electron chi connectivity index (χ1n) is 12.3. The second-order valence-corrected chi connectivity index (χ2v) is 10.2. The number of benzene rings is 2. The van der Waals surface area contributed by atoms with Crippen LogP contribution >= 0.6 is 11.6 Å². The molecule has 0 amide bonds. The van der Waals surface area contributed by atoms with Crippen molar-refractivity contribution in [3.05, 3.63) is 58.6 Å². The van der Waals surface area contributed by atoms with Gasteiger partial charge in [0.05, 0.1) is 7.11 Å². The van der Waals surface area contributed by atoms with Crippen LogP contribution in [-0.2, 0) is 12.8 Å². The molecule has 5 rings (SSSR count). The second kappa shape index (κ2) is 9.62. The molecule has 32 heavy (non-hydrogen) atoms. The molecule has 2 fully saturated rings. The Hall–Kier alpha value is -1.75. The van der Waals surface area contributed by atoms with Gasteiger partial charge in [-0.15, -0.1) is 0 Å². The van der Waals surface area contributed by atoms with Gasteiger partial charge in [0, 0.05) is 55.5 Å². The fourth-order valence-electron chi connectivity index (χ4n) is 6.07. The van der Waals surface area contributed by atoms with Gasteiger partial charge in [0.2, 0.25) is 0 Å². The Balaban J connectivity index is 1.18. The minimum Gasteiger partial charge on any atom is -0.497 e. The molecule has 1 spiro atoms. The molecule has 2 aliphatic heterocycles. The first kappa shape index (κ1) is 22.1. The summed E-state index contributed by atoms with van der Waals surface area (Å²) in [6.45, 7) is 8.14. The van der Waals surface area contributed by atoms with E-state index in [1.807, 2.05) is 12.1 Å². The zero-order chi connectivity index (χ0) is 22.0. The van der Waals surface area contributed by atoms with Gasteiger partial charge in [-0.3, -0.25) is 9.80 Å². The molecule has 0 saturated carbocycles. The van der Waals surface area contributed by atoms with Crippen LogP contribution in [0.15, 0.2) is 42.5 Å². The number of fused-ring (bicyclic) bond motifs is 1. The lowest BCUT2D eigenvalue weighted by Gasteiger charge is -2.51. The lowest BCUT2D eigenvalue weighted by atomic mass is 9.72. The molecule has 0 bridgehead atoms. The highest BCUT2D eigenvalue weighted by Crippen LogP contribution is 2.40. The zero-order valence-corrected chi connectivity index (χ0v) is 20.1. The van der Waals surface area contributed by atoms with E-state index >= 15 is 0 Å². The summed E-state index contributed by atoms with van der Waals surface area (Å²) in [4.78, 5) is 8.01. The van der Waals surface area contributed by atoms with E-state index in [1.165, 1.54) is 69.4 Å². The van der Waals surface area contributed by atoms with Gasteiger partial charge < -0.3 is 9.64 Å². The molecule has 1 unspecified atom stereocenters. The summed E-state index contributed by atoms with van der Waals surface area (Å²) in [5.41, 5.74) is 4.70. The van der Waals surface area contributed by atoms with E-state index in [0.29, 0.717) is 5.54 Å². The monoisotopic (exact) mass is 453 g/mol. The number of rotatable bonds is 5. The molecule has 1 aliphatic carbocycles. The number of hydrogen-bond donors (Lipinski definition) is 0. The first-order valence-corrected chi connectivity index (χ1v) is 12.7. The minimum atomic E-state index is 0.366. The number of piperazine rings is 1. The molecule has 2 aromatic carbocycles. The minimum absolute atomic E-state index is 0.366. The summed E-state index contributed by atoms with van der Waals surface area (Å²) < 4.78 is 5.46. The van der Waals surface area contributed by atoms with Gasteiger partial charge in [0.1, 0.15) is 5.75 Å². The van der Waals surface area contributed by atoms with E-state index in [-0.39, 0.29) is 0 Å². The van der Waals surface area contributed by atoms with Crippen molar-refractivity contribution in [1.82, 2.24) is 9.80 Å². The van der Waals surface area contributed by atoms with Crippen LogP contribution in [0.5, 0.6) is 5.75 Å². The van der Waals surface area contributed by atoms with E-state index in [2.05, 4.69) is 45.0 Å². The summed E-state index contributed by atoms with van der Waals surface area (Å²) in [7, 11) is 1.77. The molecule has 5 heteroatoms. The Bertz CT molecular complexity index is 910. The Kier molecular flexibility index (Phi) is 6.64. The summed E-state index contributed by atoms with van der Waals surface area (Å²) >= 11 is 6.05. The van der Waals surface area contributed by atoms with Crippen molar-refractivity contribution in [2.24, 2.45) is 0 Å². The maximum absolute atomic E-state index is 6.05. The third-order valence-corrected chi connectivity index (χ3v) is 8.29. The molecule has 4 nitrogen and oxygen atoms in total. The quantitative estimate of drug-likeness (QED) is 0.641. The van der Waals surface area contributed by atoms with Crippen LogP contribution in [0.2, 0.25) is 5.02 Å². The van der Waals surface area contributed by atoms with Crippen LogP contribution in [0.1, 0.15) is 36.8 Å². The molecule has 3 aliphatic rings. The van der Waals surface area contributed by atoms with Crippen LogP contribution in [0, 0.1) is 0 Å². The van der Waals surface area contributed by atoms with Gasteiger partial charge in [-0.1, -0.05) is 24.1 Å². The fraction of sp³-hybridized carbons (Fsp3) is 0.556. The van der Waals surface area contributed by atoms with Crippen LogP contribution in [0.3, 0.4) is 0 Å². The molecular formula is C27H36ClN3O. The first-order chi connectivity index (χ1) is 15.6. The predicted molar refractivity (Wildman–Crippen MR) is 133 cm³/mol. The van der Waals surface area contributed by atoms with Gasteiger partial charge in [-0.2, -0.15) is 0 Å². The average Bonchev–Trinajstić information content (AvgIpc) is 2.84. The lowest BCUT2D eigenvalue weighted by molar-refractivity contribution is 0.0252. The summed E-state index contributed by atoms with van der Waals surface area (Å²) in [6.07, 6.45) is 7.75. The highest BCUT2D eigenvalue weighted by atomic mass is 35.5. The van der Waals surface area contributed by atoms with Crippen molar-refractivity contribution in [2.75, 3.05) is 57.8 Å². The third kappa shape index (κ3) is 4.64. The molecule has 0 aromatic heterocycles. The zero-order valence-electron chi connectivity index (χ0n) is 19.4. The van der Waals surface area contributed by atoms with Gasteiger partial charge in [0.15, 0.2) is 0 Å². The molecular weight excluding hydrogens is 418 g/mol. The lowest BCUT2D eigenvalue weighted by Crippen LogP contribution is -2.57. The Labute approximate surface area is 198 Å². The number of likely N-dealkylation sites (tertiary alicyclic amines) is 1. The average molecular weight is 454 g/mol. The highest BCUT2D eigenvalue weighted by Gasteiger charge is 2.41. The van der Waals surface area contributed by atoms with E-state index < -0.39 is 0 Å². The number of ether oxygens (including phenoxy) is 1. The normalized spacial score (nSPS) is 24.5. The molecule has 172 valence electrons. The van der Waals surface area contributed by atoms with E-state index in [9.17, 15) is 0 Å². The Morgan fingerprint density at radius 3 is 2.47 bits per heavy atom. The van der Waals surface area contributed by atoms with Gasteiger partial charge >= 0.3 is 0 Å². The van der Waals surface area contributed by atoms with Gasteiger partial charge in [0.25, 0.3) is 0 Å². The molecule has 2 aromatic rings. The van der Waals surface area contributed by atoms with Crippen molar-refractivity contribution in [3.63, 3.8) is 0 Å². The predicted octanol–water partition coefficient (Wildman–Crippen LogP) is 4.88. The summed E-state index contributed by atoms with van der Waals surface area (Å²) in [6, 6.07) is 15.0. The molecule has 2 saturated heterocycles. The molecule has 0 radical (unpaired) electrons. The third-order valence-electron chi connectivity index (χ3n) is 8.03. The van der Waals surface area contributed by atoms with Crippen LogP contribution in [0.4, 0.5) is 5.69 Å². The van der Waals surface area contributed by atoms with Crippen LogP contribution < -0.4 is 9.64 Å². The maximum Gasteiger partial charge on any atom is 0.119 e. The molecule has 0 N–H and O–H groups in total. The number of piperidine rings is 1. The van der Waals surface area contributed by atoms with E-state index in [0.717, 1.165) is 37.0 Å². The SMILES string of the molecule is COc1ccc2c(c1)CCC1(CCCCN1CCN1CCN(c3ccc(Cl)cc3)CC1)C2. The number of anilines is 1. The molecule has 1 atom stereocenters. The smallest absolute Gasteiger partial charge is 0.119 e. The van der Waals surface area contributed by atoms with Crippen molar-refractivity contribution in [1.29, 1.82) is 0 Å². The van der Waals surface area contributed by atoms with Gasteiger partial charge in [-0.05, 0) is 86.2 Å². The number of aryl methyl sites for hydroxylation is 1. The highest BCUT2D eigenvalue weighted by molar-refractivity contribution is 6.30. The number of halogens is 1.